The molecule has 0 radical (unpaired) electrons. The molecule has 1 aromatic carbocycles. The van der Waals surface area contributed by atoms with Crippen LogP contribution < -0.4 is 11.1 Å². The van der Waals surface area contributed by atoms with Gasteiger partial charge in [-0.1, -0.05) is 0 Å². The first kappa shape index (κ1) is 12.5. The molecule has 0 unspecified atom stereocenters. The van der Waals surface area contributed by atoms with Crippen LogP contribution in [0.5, 0.6) is 0 Å². The number of nitrogens with zero attached hydrogens (tertiary/aromatic N) is 2. The van der Waals surface area contributed by atoms with Gasteiger partial charge in [-0.3, -0.25) is 4.79 Å². The number of primary amides is 1. The first-order valence-corrected chi connectivity index (χ1v) is 5.29. The zero-order chi connectivity index (χ0) is 13.8. The maximum atomic E-state index is 10.9. The van der Waals surface area contributed by atoms with E-state index in [2.05, 4.69) is 15.3 Å². The second kappa shape index (κ2) is 5.13. The second-order valence-electron chi connectivity index (χ2n) is 3.64. The number of aromatic carboxylic acids is 1. The molecule has 0 bridgehead atoms. The fraction of sp³-hybridized carbons (Fsp3) is 0. The molecule has 0 saturated carbocycles. The molecule has 4 N–H and O–H groups in total. The molecular formula is C12H10N4O3. The summed E-state index contributed by atoms with van der Waals surface area (Å²) in [7, 11) is 0. The molecule has 0 saturated heterocycles. The van der Waals surface area contributed by atoms with Crippen molar-refractivity contribution in [2.75, 3.05) is 5.32 Å². The highest BCUT2D eigenvalue weighted by Crippen LogP contribution is 2.14. The number of carbonyl (C=O) groups is 2. The Morgan fingerprint density at radius 2 is 1.84 bits per heavy atom. The molecule has 0 atom stereocenters. The lowest BCUT2D eigenvalue weighted by molar-refractivity contribution is 0.0683. The van der Waals surface area contributed by atoms with Crippen molar-refractivity contribution in [1.29, 1.82) is 0 Å². The van der Waals surface area contributed by atoms with Crippen LogP contribution in [0.3, 0.4) is 0 Å². The third kappa shape index (κ3) is 3.03. The van der Waals surface area contributed by atoms with Gasteiger partial charge in [-0.15, -0.1) is 0 Å². The number of hydrogen-bond donors (Lipinski definition) is 3. The molecule has 96 valence electrons. The highest BCUT2D eigenvalue weighted by Gasteiger charge is 2.07. The van der Waals surface area contributed by atoms with Crippen LogP contribution in [0.2, 0.25) is 0 Å². The summed E-state index contributed by atoms with van der Waals surface area (Å²) in [6.45, 7) is 0. The minimum absolute atomic E-state index is 0.293. The van der Waals surface area contributed by atoms with Crippen molar-refractivity contribution < 1.29 is 14.7 Å². The van der Waals surface area contributed by atoms with E-state index in [1.54, 1.807) is 24.3 Å². The zero-order valence-electron chi connectivity index (χ0n) is 9.70. The van der Waals surface area contributed by atoms with Crippen LogP contribution >= 0.6 is 0 Å². The SMILES string of the molecule is NC(=O)c1ccc(Nc2ccnc(C(=O)O)n2)cc1. The van der Waals surface area contributed by atoms with Crippen molar-refractivity contribution in [1.82, 2.24) is 9.97 Å². The van der Waals surface area contributed by atoms with Crippen molar-refractivity contribution in [3.63, 3.8) is 0 Å². The van der Waals surface area contributed by atoms with Crippen molar-refractivity contribution >= 4 is 23.4 Å². The fourth-order valence-electron chi connectivity index (χ4n) is 1.40. The maximum absolute atomic E-state index is 10.9. The lowest BCUT2D eigenvalue weighted by Gasteiger charge is -2.06. The number of amides is 1. The van der Waals surface area contributed by atoms with E-state index < -0.39 is 11.9 Å². The van der Waals surface area contributed by atoms with Crippen LogP contribution in [0.1, 0.15) is 21.0 Å². The van der Waals surface area contributed by atoms with Crippen LogP contribution in [0, 0.1) is 0 Å². The smallest absolute Gasteiger partial charge is 0.374 e. The van der Waals surface area contributed by atoms with Gasteiger partial charge < -0.3 is 16.2 Å². The zero-order valence-corrected chi connectivity index (χ0v) is 9.70. The summed E-state index contributed by atoms with van der Waals surface area (Å²) in [6.07, 6.45) is 1.34. The largest absolute Gasteiger partial charge is 0.475 e. The van der Waals surface area contributed by atoms with Crippen molar-refractivity contribution in [2.45, 2.75) is 0 Å². The molecule has 1 amide bonds. The van der Waals surface area contributed by atoms with Gasteiger partial charge in [0.25, 0.3) is 0 Å². The number of nitrogens with one attached hydrogen (secondary N) is 1. The van der Waals surface area contributed by atoms with E-state index in [0.717, 1.165) is 0 Å². The number of hydrogen-bond acceptors (Lipinski definition) is 5. The van der Waals surface area contributed by atoms with Gasteiger partial charge in [0, 0.05) is 17.4 Å². The summed E-state index contributed by atoms with van der Waals surface area (Å²) in [4.78, 5) is 29.0. The fourth-order valence-corrected chi connectivity index (χ4v) is 1.40. The Bertz CT molecular complexity index is 625. The second-order valence-corrected chi connectivity index (χ2v) is 3.64. The molecule has 0 aliphatic heterocycles. The van der Waals surface area contributed by atoms with Crippen LogP contribution in [-0.2, 0) is 0 Å². The molecule has 1 heterocycles. The van der Waals surface area contributed by atoms with Gasteiger partial charge in [-0.25, -0.2) is 14.8 Å². The Labute approximate surface area is 108 Å². The Morgan fingerprint density at radius 3 is 2.42 bits per heavy atom. The average Bonchev–Trinajstić information content (AvgIpc) is 2.39. The van der Waals surface area contributed by atoms with Gasteiger partial charge in [-0.2, -0.15) is 0 Å². The van der Waals surface area contributed by atoms with Crippen LogP contribution in [0.15, 0.2) is 36.5 Å². The number of nitrogens with two attached hydrogens (primary N) is 1. The van der Waals surface area contributed by atoms with Crippen molar-refractivity contribution in [2.24, 2.45) is 5.73 Å². The molecule has 0 aliphatic carbocycles. The minimum Gasteiger partial charge on any atom is -0.475 e. The number of benzene rings is 1. The van der Waals surface area contributed by atoms with E-state index in [1.807, 2.05) is 0 Å². The lowest BCUT2D eigenvalue weighted by Crippen LogP contribution is -2.10. The van der Waals surface area contributed by atoms with E-state index in [1.165, 1.54) is 12.3 Å². The van der Waals surface area contributed by atoms with Crippen molar-refractivity contribution in [3.8, 4) is 0 Å². The summed E-state index contributed by atoms with van der Waals surface area (Å²) in [5, 5.41) is 11.7. The van der Waals surface area contributed by atoms with Crippen LogP contribution in [0.25, 0.3) is 0 Å². The van der Waals surface area contributed by atoms with Gasteiger partial charge in [0.1, 0.15) is 5.82 Å². The maximum Gasteiger partial charge on any atom is 0.374 e. The average molecular weight is 258 g/mol. The predicted molar refractivity (Wildman–Crippen MR) is 67.2 cm³/mol. The first-order chi connectivity index (χ1) is 9.06. The van der Waals surface area contributed by atoms with E-state index in [0.29, 0.717) is 17.1 Å². The molecule has 7 nitrogen and oxygen atoms in total. The number of carbonyl (C=O) groups excluding carboxylic acids is 1. The molecule has 0 spiro atoms. The van der Waals surface area contributed by atoms with E-state index in [4.69, 9.17) is 10.8 Å². The number of carboxylic acids is 1. The summed E-state index contributed by atoms with van der Waals surface area (Å²) < 4.78 is 0. The Morgan fingerprint density at radius 1 is 1.16 bits per heavy atom. The Hall–Kier alpha value is -2.96. The lowest BCUT2D eigenvalue weighted by atomic mass is 10.2. The van der Waals surface area contributed by atoms with Gasteiger partial charge in [0.05, 0.1) is 0 Å². The molecule has 0 fully saturated rings. The molecular weight excluding hydrogens is 248 g/mol. The van der Waals surface area contributed by atoms with Crippen LogP contribution in [-0.4, -0.2) is 27.0 Å². The summed E-state index contributed by atoms with van der Waals surface area (Å²) in [6, 6.07) is 7.94. The third-order valence-electron chi connectivity index (χ3n) is 2.29. The highest BCUT2D eigenvalue weighted by molar-refractivity contribution is 5.93. The van der Waals surface area contributed by atoms with E-state index in [9.17, 15) is 9.59 Å². The van der Waals surface area contributed by atoms with Crippen molar-refractivity contribution in [3.05, 3.63) is 47.9 Å². The van der Waals surface area contributed by atoms with Crippen LogP contribution in [0.4, 0.5) is 11.5 Å². The monoisotopic (exact) mass is 258 g/mol. The van der Waals surface area contributed by atoms with E-state index in [-0.39, 0.29) is 5.82 Å². The molecule has 0 aliphatic rings. The standard InChI is InChI=1S/C12H10N4O3/c13-10(17)7-1-3-8(4-2-7)15-9-5-6-14-11(16-9)12(18)19/h1-6H,(H2,13,17)(H,18,19)(H,14,15,16). The topological polar surface area (TPSA) is 118 Å². The minimum atomic E-state index is -1.20. The summed E-state index contributed by atoms with van der Waals surface area (Å²) >= 11 is 0. The molecule has 19 heavy (non-hydrogen) atoms. The molecule has 7 heteroatoms. The highest BCUT2D eigenvalue weighted by atomic mass is 16.4. The normalized spacial score (nSPS) is 9.89. The molecule has 1 aromatic heterocycles. The quantitative estimate of drug-likeness (QED) is 0.753. The third-order valence-corrected chi connectivity index (χ3v) is 2.29. The summed E-state index contributed by atoms with van der Waals surface area (Å²) in [5.41, 5.74) is 6.17. The van der Waals surface area contributed by atoms with E-state index >= 15 is 0 Å². The first-order valence-electron chi connectivity index (χ1n) is 5.29. The molecule has 2 aromatic rings. The van der Waals surface area contributed by atoms with Gasteiger partial charge >= 0.3 is 5.97 Å². The number of rotatable bonds is 4. The Balaban J connectivity index is 2.19. The number of carboxylic acid groups (broad SMARTS) is 1. The van der Waals surface area contributed by atoms with Gasteiger partial charge in [0.15, 0.2) is 0 Å². The number of aromatic nitrogens is 2. The number of anilines is 2. The molecule has 2 rings (SSSR count). The summed E-state index contributed by atoms with van der Waals surface area (Å²) in [5.74, 6) is -1.66. The predicted octanol–water partition coefficient (Wildman–Crippen LogP) is 1.02. The Kier molecular flexibility index (Phi) is 3.37. The van der Waals surface area contributed by atoms with Gasteiger partial charge in [0.2, 0.25) is 11.7 Å². The van der Waals surface area contributed by atoms with Gasteiger partial charge in [-0.05, 0) is 30.3 Å².